The number of ether oxygens (including phenoxy) is 4. The van der Waals surface area contributed by atoms with E-state index in [9.17, 15) is 5.11 Å². The molecule has 0 spiro atoms. The third-order valence-electron chi connectivity index (χ3n) is 4.28. The van der Waals surface area contributed by atoms with Crippen LogP contribution in [0.5, 0.6) is 0 Å². The van der Waals surface area contributed by atoms with Crippen LogP contribution in [0.2, 0.25) is 26.2 Å². The second kappa shape index (κ2) is 90.2. The van der Waals surface area contributed by atoms with Crippen LogP contribution in [0.15, 0.2) is 0 Å². The summed E-state index contributed by atoms with van der Waals surface area (Å²) >= 11 is 0. The number of aliphatic hydroxyl groups is 4. The van der Waals surface area contributed by atoms with Gasteiger partial charge in [-0.25, -0.2) is 0 Å². The van der Waals surface area contributed by atoms with Crippen LogP contribution in [0.1, 0.15) is 169 Å². The van der Waals surface area contributed by atoms with Crippen molar-refractivity contribution in [1.29, 1.82) is 0 Å². The van der Waals surface area contributed by atoms with Crippen molar-refractivity contribution in [3.63, 3.8) is 0 Å². The summed E-state index contributed by atoms with van der Waals surface area (Å²) in [5.74, 6) is -1.03. The summed E-state index contributed by atoms with van der Waals surface area (Å²) < 4.78 is 33.1. The molecule has 0 radical (unpaired) electrons. The van der Waals surface area contributed by atoms with Gasteiger partial charge in [-0.3, -0.25) is 0 Å². The predicted octanol–water partition coefficient (Wildman–Crippen LogP) is 9.63. The average Bonchev–Trinajstić information content (AvgIpc) is 2.70. The van der Waals surface area contributed by atoms with E-state index >= 15 is 0 Å². The van der Waals surface area contributed by atoms with E-state index < -0.39 is 56.1 Å². The molecule has 54 heavy (non-hydrogen) atoms. The van der Waals surface area contributed by atoms with Gasteiger partial charge in [0.05, 0.1) is 69.7 Å². The SMILES string of the molecule is C.C.C.C.C.C.C.C.C.C.C.C.C.C.C.C.C.C.C.C.CC(O)COC[SiH2]O[Si](C)(C)[SiH2]COC(C)(C)O.C[Si](C)(O[SiH2]COCCO)[SiH2]COCCO. The normalized spacial score (nSPS) is 9.39. The van der Waals surface area contributed by atoms with E-state index in [0.717, 1.165) is 6.23 Å². The molecular formula is C38H132O10Si6. The number of rotatable bonds is 21. The molecule has 0 aliphatic rings. The molecule has 0 aromatic carbocycles. The Hall–Kier alpha value is 0.901. The van der Waals surface area contributed by atoms with E-state index in [0.29, 0.717) is 38.5 Å². The van der Waals surface area contributed by atoms with Gasteiger partial charge in [0.1, 0.15) is 0 Å². The maximum absolute atomic E-state index is 9.45. The maximum atomic E-state index is 9.45. The lowest BCUT2D eigenvalue weighted by molar-refractivity contribution is -0.162. The van der Waals surface area contributed by atoms with E-state index in [1.165, 1.54) is 0 Å². The molecule has 0 saturated carbocycles. The lowest BCUT2D eigenvalue weighted by atomic mass is 10.4. The van der Waals surface area contributed by atoms with E-state index in [1.807, 2.05) is 0 Å². The molecule has 0 amide bonds. The summed E-state index contributed by atoms with van der Waals surface area (Å²) in [6.45, 7) is 15.3. The molecule has 0 saturated heterocycles. The summed E-state index contributed by atoms with van der Waals surface area (Å²) in [5.41, 5.74) is 0. The first kappa shape index (κ1) is 147. The van der Waals surface area contributed by atoms with Crippen molar-refractivity contribution in [3.05, 3.63) is 0 Å². The van der Waals surface area contributed by atoms with Crippen molar-refractivity contribution in [3.8, 4) is 0 Å². The molecule has 0 aromatic heterocycles. The zero-order chi connectivity index (χ0) is 26.5. The fourth-order valence-electron chi connectivity index (χ4n) is 2.35. The zero-order valence-electron chi connectivity index (χ0n) is 22.5. The average molecular weight is 918 g/mol. The van der Waals surface area contributed by atoms with E-state index in [2.05, 4.69) is 26.2 Å². The third kappa shape index (κ3) is 132. The number of hydrogen-bond donors (Lipinski definition) is 4. The molecule has 0 aromatic rings. The van der Waals surface area contributed by atoms with Crippen LogP contribution in [0.4, 0.5) is 0 Å². The highest BCUT2D eigenvalue weighted by Gasteiger charge is 2.24. The first-order chi connectivity index (χ1) is 15.7. The van der Waals surface area contributed by atoms with Crippen molar-refractivity contribution in [2.75, 3.05) is 58.0 Å². The second-order valence-corrected chi connectivity index (χ2v) is 35.6. The van der Waals surface area contributed by atoms with E-state index in [1.54, 1.807) is 20.8 Å². The quantitative estimate of drug-likeness (QED) is 0.0501. The standard InChI is InChI=1S/C10H28O5Si3.C8H24O5Si3.20CH4/c1-9(11)6-13-7-16-15-18(4,5)17-8-14-10(2,3)12;1-16(2,15-8-12-6-4-10)13-14-7-11-5-3-9;;;;;;;;;;;;;;;;;;;;/h9,11-12H,6-8,16-17H2,1-5H3;9-10H,3-8,14-15H2,1-2H3;20*1H4. The van der Waals surface area contributed by atoms with Crippen molar-refractivity contribution in [2.24, 2.45) is 0 Å². The van der Waals surface area contributed by atoms with Crippen molar-refractivity contribution >= 4 is 53.3 Å². The Bertz CT molecular complexity index is 469. The Morgan fingerprint density at radius 1 is 0.500 bits per heavy atom. The van der Waals surface area contributed by atoms with Gasteiger partial charge in [-0.1, -0.05) is 149 Å². The largest absolute Gasteiger partial charge is 0.461 e. The number of aliphatic hydroxyl groups excluding tert-OH is 3. The smallest absolute Gasteiger partial charge is 0.172 e. The summed E-state index contributed by atoms with van der Waals surface area (Å²) in [6.07, 6.45) is 2.39. The molecule has 1 unspecified atom stereocenters. The van der Waals surface area contributed by atoms with Gasteiger partial charge in [-0.05, 0) is 47.0 Å². The van der Waals surface area contributed by atoms with Crippen LogP contribution in [0.25, 0.3) is 0 Å². The van der Waals surface area contributed by atoms with Gasteiger partial charge in [0.15, 0.2) is 41.0 Å². The van der Waals surface area contributed by atoms with Crippen LogP contribution in [-0.4, -0.2) is 144 Å². The molecule has 4 N–H and O–H groups in total. The minimum absolute atomic E-state index is 0. The monoisotopic (exact) mass is 917 g/mol. The summed E-state index contributed by atoms with van der Waals surface area (Å²) in [6, 6.07) is 0. The second-order valence-electron chi connectivity index (χ2n) is 9.61. The molecule has 0 rings (SSSR count). The van der Waals surface area contributed by atoms with Gasteiger partial charge in [0.2, 0.25) is 0 Å². The highest BCUT2D eigenvalue weighted by atomic mass is 29.2. The van der Waals surface area contributed by atoms with E-state index in [-0.39, 0.29) is 171 Å². The van der Waals surface area contributed by atoms with Gasteiger partial charge in [0, 0.05) is 12.5 Å². The molecule has 1 atom stereocenters. The molecule has 10 nitrogen and oxygen atoms in total. The van der Waals surface area contributed by atoms with Gasteiger partial charge in [-0.15, -0.1) is 0 Å². The third-order valence-corrected chi connectivity index (χ3v) is 28.5. The Kier molecular flexibility index (Phi) is 246. The minimum Gasteiger partial charge on any atom is -0.461 e. The van der Waals surface area contributed by atoms with Crippen LogP contribution >= 0.6 is 0 Å². The summed E-state index contributed by atoms with van der Waals surface area (Å²) in [7, 11) is -5.00. The molecule has 0 aliphatic carbocycles. The fraction of sp³-hybridized carbons (Fsp3) is 1.00. The first-order valence-electron chi connectivity index (χ1n) is 12.0. The molecule has 368 valence electrons. The fourth-order valence-corrected chi connectivity index (χ4v) is 20.0. The number of hydrogen-bond acceptors (Lipinski definition) is 10. The maximum Gasteiger partial charge on any atom is 0.172 e. The van der Waals surface area contributed by atoms with Crippen molar-refractivity contribution in [1.82, 2.24) is 0 Å². The zero-order valence-corrected chi connectivity index (χ0v) is 30.2. The van der Waals surface area contributed by atoms with Gasteiger partial charge >= 0.3 is 0 Å². The van der Waals surface area contributed by atoms with Crippen LogP contribution < -0.4 is 0 Å². The Balaban J connectivity index is -0.0000000139. The summed E-state index contributed by atoms with van der Waals surface area (Å²) in [4.78, 5) is 0. The van der Waals surface area contributed by atoms with Gasteiger partial charge in [-0.2, -0.15) is 0 Å². The molecule has 0 fully saturated rings. The predicted molar refractivity (Wildman–Crippen MR) is 286 cm³/mol. The lowest BCUT2D eigenvalue weighted by Crippen LogP contribution is -2.44. The Morgan fingerprint density at radius 3 is 1.06 bits per heavy atom. The van der Waals surface area contributed by atoms with Crippen molar-refractivity contribution in [2.45, 2.75) is 207 Å². The lowest BCUT2D eigenvalue weighted by Gasteiger charge is -2.25. The van der Waals surface area contributed by atoms with Gasteiger partial charge < -0.3 is 47.6 Å². The summed E-state index contributed by atoms with van der Waals surface area (Å²) in [5, 5.41) is 35.6. The Morgan fingerprint density at radius 2 is 0.778 bits per heavy atom. The molecule has 0 bridgehead atoms. The molecule has 0 aliphatic heterocycles. The highest BCUT2D eigenvalue weighted by Crippen LogP contribution is 2.06. The molecular weight excluding hydrogens is 785 g/mol. The molecule has 0 heterocycles. The Labute approximate surface area is 364 Å². The highest BCUT2D eigenvalue weighted by molar-refractivity contribution is 7.21. The van der Waals surface area contributed by atoms with Crippen LogP contribution in [0, 0.1) is 0 Å². The van der Waals surface area contributed by atoms with Crippen molar-refractivity contribution < 1.29 is 47.6 Å². The van der Waals surface area contributed by atoms with Crippen LogP contribution in [0.3, 0.4) is 0 Å². The topological polar surface area (TPSA) is 136 Å². The minimum atomic E-state index is -1.56. The first-order valence-corrected chi connectivity index (χ1v) is 27.6. The van der Waals surface area contributed by atoms with E-state index in [4.69, 9.17) is 42.5 Å². The van der Waals surface area contributed by atoms with Gasteiger partial charge in [0.25, 0.3) is 0 Å². The molecule has 16 heteroatoms. The van der Waals surface area contributed by atoms with Crippen LogP contribution in [-0.2, 0) is 27.2 Å².